The highest BCUT2D eigenvalue weighted by molar-refractivity contribution is 7.90. The molecule has 0 saturated carbocycles. The van der Waals surface area contributed by atoms with Gasteiger partial charge in [-0.2, -0.15) is 0 Å². The summed E-state index contributed by atoms with van der Waals surface area (Å²) in [6, 6.07) is 4.86. The maximum absolute atomic E-state index is 12.6. The molecule has 3 aromatic heterocycles. The summed E-state index contributed by atoms with van der Waals surface area (Å²) in [5.41, 5.74) is 5.40. The van der Waals surface area contributed by atoms with Crippen LogP contribution in [0, 0.1) is 6.92 Å². The average molecular weight is 465 g/mol. The van der Waals surface area contributed by atoms with Gasteiger partial charge in [0.2, 0.25) is 15.0 Å². The number of thiazole rings is 1. The van der Waals surface area contributed by atoms with Crippen LogP contribution >= 0.6 is 11.3 Å². The van der Waals surface area contributed by atoms with Crippen LogP contribution in [0.25, 0.3) is 5.52 Å². The molecule has 1 aliphatic rings. The maximum Gasteiger partial charge on any atom is 0.290 e. The Hall–Kier alpha value is -3.03. The largest absolute Gasteiger partial charge is 0.378 e. The fraction of sp³-hybridized carbons (Fsp3) is 0.333. The zero-order valence-electron chi connectivity index (χ0n) is 16.8. The molecule has 164 valence electrons. The highest BCUT2D eigenvalue weighted by Crippen LogP contribution is 2.26. The summed E-state index contributed by atoms with van der Waals surface area (Å²) >= 11 is 1.23. The zero-order valence-corrected chi connectivity index (χ0v) is 18.4. The monoisotopic (exact) mass is 464 g/mol. The van der Waals surface area contributed by atoms with Gasteiger partial charge in [0.15, 0.2) is 10.8 Å². The van der Waals surface area contributed by atoms with E-state index in [1.54, 1.807) is 25.1 Å². The number of nitrogens with one attached hydrogen (secondary N) is 2. The van der Waals surface area contributed by atoms with E-state index in [1.807, 2.05) is 4.90 Å². The van der Waals surface area contributed by atoms with Gasteiger partial charge in [-0.3, -0.25) is 24.8 Å². The van der Waals surface area contributed by atoms with Crippen molar-refractivity contribution in [2.45, 2.75) is 12.1 Å². The van der Waals surface area contributed by atoms with E-state index >= 15 is 0 Å². The van der Waals surface area contributed by atoms with E-state index in [0.717, 1.165) is 11.4 Å². The van der Waals surface area contributed by atoms with Crippen molar-refractivity contribution in [3.05, 3.63) is 40.7 Å². The number of anilines is 1. The first kappa shape index (κ1) is 21.2. The van der Waals surface area contributed by atoms with Crippen LogP contribution in [-0.2, 0) is 14.6 Å². The number of fused-ring (bicyclic) bond motifs is 1. The first-order valence-corrected chi connectivity index (χ1v) is 12.0. The molecule has 2 N–H and O–H groups in total. The lowest BCUT2D eigenvalue weighted by atomic mass is 10.3. The summed E-state index contributed by atoms with van der Waals surface area (Å²) in [4.78, 5) is 36.1. The van der Waals surface area contributed by atoms with Crippen molar-refractivity contribution < 1.29 is 22.7 Å². The highest BCUT2D eigenvalue weighted by atomic mass is 32.2. The molecule has 4 rings (SSSR count). The lowest BCUT2D eigenvalue weighted by Gasteiger charge is -2.25. The minimum atomic E-state index is -3.67. The number of rotatable bonds is 4. The summed E-state index contributed by atoms with van der Waals surface area (Å²) in [7, 11) is -3.67. The van der Waals surface area contributed by atoms with Gasteiger partial charge >= 0.3 is 0 Å². The standard InChI is InChI=1S/C18H20N6O5S2/c1-11-14(30-17(19-11)23-7-9-29-10-8-23)16(26)22-21-15(25)13-12-5-3-4-6-24(12)18(20-13)31(2,27)28/h3-6H,7-10H2,1-2H3,(H,21,25)(H,22,26). The Morgan fingerprint density at radius 2 is 1.84 bits per heavy atom. The van der Waals surface area contributed by atoms with Crippen molar-refractivity contribution in [1.29, 1.82) is 0 Å². The van der Waals surface area contributed by atoms with Crippen LogP contribution in [0.15, 0.2) is 29.6 Å². The van der Waals surface area contributed by atoms with Crippen LogP contribution < -0.4 is 15.8 Å². The van der Waals surface area contributed by atoms with Crippen LogP contribution in [0.5, 0.6) is 0 Å². The number of ether oxygens (including phenoxy) is 1. The number of carbonyl (C=O) groups excluding carboxylic acids is 2. The van der Waals surface area contributed by atoms with Crippen LogP contribution in [0.2, 0.25) is 0 Å². The molecule has 0 spiro atoms. The molecule has 1 aliphatic heterocycles. The number of carbonyl (C=O) groups is 2. The zero-order chi connectivity index (χ0) is 22.2. The van der Waals surface area contributed by atoms with E-state index in [2.05, 4.69) is 20.8 Å². The summed E-state index contributed by atoms with van der Waals surface area (Å²) in [6.45, 7) is 4.31. The van der Waals surface area contributed by atoms with E-state index in [0.29, 0.717) is 42.4 Å². The summed E-state index contributed by atoms with van der Waals surface area (Å²) < 4.78 is 30.6. The van der Waals surface area contributed by atoms with Gasteiger partial charge in [-0.25, -0.2) is 18.4 Å². The predicted octanol–water partition coefficient (Wildman–Crippen LogP) is 0.414. The van der Waals surface area contributed by atoms with Crippen LogP contribution in [-0.4, -0.2) is 67.2 Å². The van der Waals surface area contributed by atoms with Gasteiger partial charge in [0.25, 0.3) is 11.8 Å². The van der Waals surface area contributed by atoms with Crippen LogP contribution in [0.3, 0.4) is 0 Å². The Balaban J connectivity index is 1.51. The molecule has 0 atom stereocenters. The van der Waals surface area contributed by atoms with Crippen LogP contribution in [0.4, 0.5) is 5.13 Å². The Labute approximate surface area is 181 Å². The normalized spacial score (nSPS) is 14.6. The molecular formula is C18H20N6O5S2. The fourth-order valence-electron chi connectivity index (χ4n) is 3.15. The number of hydrazine groups is 1. The number of imidazole rings is 1. The molecule has 1 fully saturated rings. The molecule has 0 bridgehead atoms. The molecule has 13 heteroatoms. The van der Waals surface area contributed by atoms with Gasteiger partial charge in [-0.05, 0) is 19.1 Å². The van der Waals surface area contributed by atoms with Gasteiger partial charge in [0.05, 0.1) is 24.4 Å². The number of aromatic nitrogens is 3. The Kier molecular flexibility index (Phi) is 5.64. The van der Waals surface area contributed by atoms with E-state index in [1.165, 1.54) is 21.9 Å². The van der Waals surface area contributed by atoms with Crippen molar-refractivity contribution in [2.24, 2.45) is 0 Å². The fourth-order valence-corrected chi connectivity index (χ4v) is 4.94. The first-order chi connectivity index (χ1) is 14.8. The number of hydrogen-bond acceptors (Lipinski definition) is 9. The van der Waals surface area contributed by atoms with E-state index in [-0.39, 0.29) is 10.9 Å². The second-order valence-corrected chi connectivity index (χ2v) is 9.78. The van der Waals surface area contributed by atoms with E-state index in [4.69, 9.17) is 4.74 Å². The highest BCUT2D eigenvalue weighted by Gasteiger charge is 2.24. The molecule has 0 aliphatic carbocycles. The molecule has 0 aromatic carbocycles. The molecule has 31 heavy (non-hydrogen) atoms. The van der Waals surface area contributed by atoms with Gasteiger partial charge in [0, 0.05) is 25.5 Å². The summed E-state index contributed by atoms with van der Waals surface area (Å²) in [6.07, 6.45) is 2.51. The molecule has 0 unspecified atom stereocenters. The van der Waals surface area contributed by atoms with Gasteiger partial charge in [0.1, 0.15) is 4.88 Å². The van der Waals surface area contributed by atoms with Crippen molar-refractivity contribution in [2.75, 3.05) is 37.5 Å². The molecule has 4 heterocycles. The molecule has 2 amide bonds. The third kappa shape index (κ3) is 4.24. The molecular weight excluding hydrogens is 444 g/mol. The Bertz CT molecular complexity index is 1260. The number of amides is 2. The smallest absolute Gasteiger partial charge is 0.290 e. The summed E-state index contributed by atoms with van der Waals surface area (Å²) in [5.74, 6) is -1.25. The third-order valence-electron chi connectivity index (χ3n) is 4.63. The van der Waals surface area contributed by atoms with Gasteiger partial charge in [-0.15, -0.1) is 0 Å². The number of nitrogens with zero attached hydrogens (tertiary/aromatic N) is 4. The Morgan fingerprint density at radius 1 is 1.13 bits per heavy atom. The number of morpholine rings is 1. The van der Waals surface area contributed by atoms with Crippen LogP contribution in [0.1, 0.15) is 25.9 Å². The SMILES string of the molecule is Cc1nc(N2CCOCC2)sc1C(=O)NNC(=O)c1nc(S(C)(=O)=O)n2ccccc12. The lowest BCUT2D eigenvalue weighted by molar-refractivity contribution is 0.0846. The topological polar surface area (TPSA) is 135 Å². The minimum absolute atomic E-state index is 0.114. The summed E-state index contributed by atoms with van der Waals surface area (Å²) in [5, 5.41) is 0.461. The van der Waals surface area contributed by atoms with E-state index in [9.17, 15) is 18.0 Å². The Morgan fingerprint density at radius 3 is 2.55 bits per heavy atom. The quantitative estimate of drug-likeness (QED) is 0.530. The number of pyridine rings is 1. The predicted molar refractivity (Wildman–Crippen MR) is 113 cm³/mol. The second kappa shape index (κ2) is 8.24. The average Bonchev–Trinajstić information content (AvgIpc) is 3.33. The number of hydrogen-bond donors (Lipinski definition) is 2. The van der Waals surface area contributed by atoms with Crippen molar-refractivity contribution in [1.82, 2.24) is 25.2 Å². The van der Waals surface area contributed by atoms with Gasteiger partial charge < -0.3 is 9.64 Å². The number of aryl methyl sites for hydroxylation is 1. The van der Waals surface area contributed by atoms with Crippen molar-refractivity contribution in [3.8, 4) is 0 Å². The second-order valence-electron chi connectivity index (χ2n) is 6.89. The van der Waals surface area contributed by atoms with Crippen molar-refractivity contribution in [3.63, 3.8) is 0 Å². The molecule has 0 radical (unpaired) electrons. The number of sulfone groups is 1. The van der Waals surface area contributed by atoms with Gasteiger partial charge in [-0.1, -0.05) is 17.4 Å². The van der Waals surface area contributed by atoms with E-state index < -0.39 is 21.7 Å². The molecule has 1 saturated heterocycles. The minimum Gasteiger partial charge on any atom is -0.378 e. The first-order valence-electron chi connectivity index (χ1n) is 9.33. The third-order valence-corrected chi connectivity index (χ3v) is 6.79. The molecule has 11 nitrogen and oxygen atoms in total. The van der Waals surface area contributed by atoms with Crippen molar-refractivity contribution >= 4 is 43.6 Å². The maximum atomic E-state index is 12.6. The molecule has 3 aromatic rings. The lowest BCUT2D eigenvalue weighted by Crippen LogP contribution is -2.41.